The van der Waals surface area contributed by atoms with E-state index in [4.69, 9.17) is 21.1 Å². The number of rotatable bonds is 6. The van der Waals surface area contributed by atoms with Crippen LogP contribution in [0.2, 0.25) is 5.02 Å². The summed E-state index contributed by atoms with van der Waals surface area (Å²) in [5.41, 5.74) is 6.51. The van der Waals surface area contributed by atoms with Crippen LogP contribution in [0.25, 0.3) is 11.8 Å². The van der Waals surface area contributed by atoms with E-state index in [0.717, 1.165) is 54.3 Å². The van der Waals surface area contributed by atoms with Gasteiger partial charge in [-0.1, -0.05) is 41.9 Å². The second-order valence-electron chi connectivity index (χ2n) is 9.23. The maximum absolute atomic E-state index is 12.9. The van der Waals surface area contributed by atoms with Gasteiger partial charge in [-0.3, -0.25) is 14.3 Å². The average molecular weight is 512 g/mol. The Bertz CT molecular complexity index is 1530. The van der Waals surface area contributed by atoms with Crippen molar-refractivity contribution in [3.63, 3.8) is 0 Å². The van der Waals surface area contributed by atoms with Crippen LogP contribution in [0, 0.1) is 0 Å². The van der Waals surface area contributed by atoms with E-state index in [1.165, 1.54) is 17.2 Å². The molecule has 0 saturated carbocycles. The van der Waals surface area contributed by atoms with Crippen LogP contribution in [-0.4, -0.2) is 22.7 Å². The molecule has 0 fully saturated rings. The minimum absolute atomic E-state index is 0.112. The largest absolute Gasteiger partial charge is 0.490 e. The Kier molecular flexibility index (Phi) is 6.41. The van der Waals surface area contributed by atoms with Gasteiger partial charge in [0, 0.05) is 30.7 Å². The zero-order valence-corrected chi connectivity index (χ0v) is 21.0. The van der Waals surface area contributed by atoms with Crippen LogP contribution in [-0.2, 0) is 19.6 Å². The summed E-state index contributed by atoms with van der Waals surface area (Å²) in [6, 6.07) is 21.8. The zero-order chi connectivity index (χ0) is 25.2. The van der Waals surface area contributed by atoms with Crippen LogP contribution in [0.15, 0.2) is 83.9 Å². The third kappa shape index (κ3) is 5.11. The van der Waals surface area contributed by atoms with Crippen LogP contribution in [0.4, 0.5) is 5.69 Å². The SMILES string of the molecule is O=c1cc(OCc2ccc(Cl)cn2)ccn1C1=Cc2ccc(CN3CCOc4ccccc43)cc2CC1. The molecule has 0 atom stereocenters. The molecule has 2 aromatic carbocycles. The van der Waals surface area contributed by atoms with Gasteiger partial charge in [0.25, 0.3) is 5.56 Å². The lowest BCUT2D eigenvalue weighted by atomic mass is 9.93. The predicted molar refractivity (Wildman–Crippen MR) is 146 cm³/mol. The Morgan fingerprint density at radius 1 is 1.03 bits per heavy atom. The monoisotopic (exact) mass is 511 g/mol. The molecule has 7 heteroatoms. The van der Waals surface area contributed by atoms with Gasteiger partial charge in [-0.05, 0) is 65.9 Å². The van der Waals surface area contributed by atoms with E-state index in [9.17, 15) is 4.79 Å². The maximum Gasteiger partial charge on any atom is 0.258 e. The Balaban J connectivity index is 1.16. The van der Waals surface area contributed by atoms with E-state index in [0.29, 0.717) is 17.4 Å². The van der Waals surface area contributed by atoms with E-state index >= 15 is 0 Å². The number of hydrogen-bond acceptors (Lipinski definition) is 5. The van der Waals surface area contributed by atoms with E-state index < -0.39 is 0 Å². The molecule has 1 aliphatic heterocycles. The average Bonchev–Trinajstić information content (AvgIpc) is 2.93. The Labute approximate surface area is 220 Å². The third-order valence-electron chi connectivity index (χ3n) is 6.75. The number of allylic oxidation sites excluding steroid dienone is 1. The number of aromatic nitrogens is 2. The summed E-state index contributed by atoms with van der Waals surface area (Å²) >= 11 is 5.88. The lowest BCUT2D eigenvalue weighted by molar-refractivity contribution is 0.300. The van der Waals surface area contributed by atoms with Crippen LogP contribution < -0.4 is 19.9 Å². The van der Waals surface area contributed by atoms with Gasteiger partial charge in [-0.2, -0.15) is 0 Å². The van der Waals surface area contributed by atoms with Gasteiger partial charge >= 0.3 is 0 Å². The smallest absolute Gasteiger partial charge is 0.258 e. The first-order valence-electron chi connectivity index (χ1n) is 12.4. The first-order valence-corrected chi connectivity index (χ1v) is 12.8. The first-order chi connectivity index (χ1) is 18.1. The molecule has 37 heavy (non-hydrogen) atoms. The van der Waals surface area contributed by atoms with Crippen molar-refractivity contribution in [3.05, 3.63) is 117 Å². The summed E-state index contributed by atoms with van der Waals surface area (Å²) < 4.78 is 13.3. The molecule has 3 heterocycles. The predicted octanol–water partition coefficient (Wildman–Crippen LogP) is 5.82. The lowest BCUT2D eigenvalue weighted by Crippen LogP contribution is -2.32. The molecule has 0 unspecified atom stereocenters. The summed E-state index contributed by atoms with van der Waals surface area (Å²) in [7, 11) is 0. The van der Waals surface area contributed by atoms with Crippen LogP contribution >= 0.6 is 11.6 Å². The molecule has 6 nitrogen and oxygen atoms in total. The van der Waals surface area contributed by atoms with Crippen molar-refractivity contribution < 1.29 is 9.47 Å². The van der Waals surface area contributed by atoms with Gasteiger partial charge in [0.2, 0.25) is 0 Å². The highest BCUT2D eigenvalue weighted by Crippen LogP contribution is 2.33. The normalized spacial score (nSPS) is 14.3. The summed E-state index contributed by atoms with van der Waals surface area (Å²) in [6.07, 6.45) is 7.17. The lowest BCUT2D eigenvalue weighted by Gasteiger charge is -2.31. The van der Waals surface area contributed by atoms with Gasteiger partial charge in [0.05, 0.1) is 22.9 Å². The third-order valence-corrected chi connectivity index (χ3v) is 6.98. The van der Waals surface area contributed by atoms with Crippen molar-refractivity contribution in [2.75, 3.05) is 18.1 Å². The molecule has 0 spiro atoms. The second-order valence-corrected chi connectivity index (χ2v) is 9.67. The number of para-hydroxylation sites is 2. The molecule has 2 aliphatic rings. The number of hydrogen-bond donors (Lipinski definition) is 0. The Hall–Kier alpha value is -4.03. The molecule has 0 amide bonds. The van der Waals surface area contributed by atoms with Crippen molar-refractivity contribution in [2.45, 2.75) is 26.0 Å². The second kappa shape index (κ2) is 10.1. The van der Waals surface area contributed by atoms with Crippen LogP contribution in [0.1, 0.15) is 28.8 Å². The van der Waals surface area contributed by atoms with Crippen molar-refractivity contribution in [1.29, 1.82) is 0 Å². The quantitative estimate of drug-likeness (QED) is 0.326. The fourth-order valence-electron chi connectivity index (χ4n) is 4.87. The Morgan fingerprint density at radius 3 is 2.81 bits per heavy atom. The fraction of sp³-hybridized carbons (Fsp3) is 0.200. The maximum atomic E-state index is 12.9. The van der Waals surface area contributed by atoms with Crippen molar-refractivity contribution >= 4 is 29.1 Å². The fourth-order valence-corrected chi connectivity index (χ4v) is 4.98. The van der Waals surface area contributed by atoms with Crippen molar-refractivity contribution in [2.24, 2.45) is 0 Å². The van der Waals surface area contributed by atoms with Crippen molar-refractivity contribution in [1.82, 2.24) is 9.55 Å². The van der Waals surface area contributed by atoms with Gasteiger partial charge in [-0.25, -0.2) is 0 Å². The summed E-state index contributed by atoms with van der Waals surface area (Å²) in [6.45, 7) is 2.69. The number of benzene rings is 2. The van der Waals surface area contributed by atoms with Gasteiger partial charge in [-0.15, -0.1) is 0 Å². The zero-order valence-electron chi connectivity index (χ0n) is 20.3. The minimum Gasteiger partial charge on any atom is -0.490 e. The summed E-state index contributed by atoms with van der Waals surface area (Å²) in [5.74, 6) is 1.46. The molecule has 6 rings (SSSR count). The van der Waals surface area contributed by atoms with E-state index in [2.05, 4.69) is 46.3 Å². The number of anilines is 1. The highest BCUT2D eigenvalue weighted by molar-refractivity contribution is 6.30. The standard InChI is InChI=1S/C30H26ClN3O3/c31-24-8-9-25(32-18-24)20-37-27-11-12-34(30(35)17-27)26-10-7-22-15-21(5-6-23(22)16-26)19-33-13-14-36-29-4-2-1-3-28(29)33/h1-6,8-9,11-12,15-18H,7,10,13-14,19-20H2. The molecule has 186 valence electrons. The molecule has 0 radical (unpaired) electrons. The molecule has 0 saturated heterocycles. The van der Waals surface area contributed by atoms with Gasteiger partial charge in [0.1, 0.15) is 24.7 Å². The van der Waals surface area contributed by atoms with Crippen LogP contribution in [0.3, 0.4) is 0 Å². The molecule has 0 bridgehead atoms. The van der Waals surface area contributed by atoms with Gasteiger partial charge < -0.3 is 14.4 Å². The molecule has 0 N–H and O–H groups in total. The highest BCUT2D eigenvalue weighted by Gasteiger charge is 2.19. The first kappa shape index (κ1) is 23.4. The molecule has 2 aromatic heterocycles. The summed E-state index contributed by atoms with van der Waals surface area (Å²) in [4.78, 5) is 19.5. The number of fused-ring (bicyclic) bond motifs is 2. The topological polar surface area (TPSA) is 56.6 Å². The van der Waals surface area contributed by atoms with Crippen molar-refractivity contribution in [3.8, 4) is 11.5 Å². The molecular weight excluding hydrogens is 486 g/mol. The number of nitrogens with zero attached hydrogens (tertiary/aromatic N) is 3. The number of halogens is 1. The van der Waals surface area contributed by atoms with E-state index in [1.54, 1.807) is 29.1 Å². The summed E-state index contributed by atoms with van der Waals surface area (Å²) in [5, 5.41) is 0.577. The number of aryl methyl sites for hydroxylation is 1. The number of ether oxygens (including phenoxy) is 2. The molecular formula is C30H26ClN3O3. The Morgan fingerprint density at radius 2 is 1.95 bits per heavy atom. The van der Waals surface area contributed by atoms with E-state index in [-0.39, 0.29) is 12.2 Å². The van der Waals surface area contributed by atoms with E-state index in [1.807, 2.05) is 18.2 Å². The molecule has 1 aliphatic carbocycles. The van der Waals surface area contributed by atoms with Gasteiger partial charge in [0.15, 0.2) is 0 Å². The highest BCUT2D eigenvalue weighted by atomic mass is 35.5. The minimum atomic E-state index is -0.112. The van der Waals surface area contributed by atoms with Crippen LogP contribution in [0.5, 0.6) is 11.5 Å². The molecule has 4 aromatic rings. The number of pyridine rings is 2.